The molecule has 0 spiro atoms. The minimum absolute atomic E-state index is 0.329. The van der Waals surface area contributed by atoms with Crippen LogP contribution in [-0.4, -0.2) is 21.9 Å². The van der Waals surface area contributed by atoms with Gasteiger partial charge in [0.05, 0.1) is 16.8 Å². The van der Waals surface area contributed by atoms with Crippen LogP contribution >= 0.6 is 0 Å². The van der Waals surface area contributed by atoms with Crippen LogP contribution in [0.1, 0.15) is 28.4 Å². The number of alkyl halides is 8. The van der Waals surface area contributed by atoms with E-state index in [1.54, 1.807) is 0 Å². The molecule has 2 aromatic rings. The van der Waals surface area contributed by atoms with Crippen molar-refractivity contribution in [2.75, 3.05) is 0 Å². The summed E-state index contributed by atoms with van der Waals surface area (Å²) < 4.78 is 122. The van der Waals surface area contributed by atoms with Crippen LogP contribution in [0.2, 0.25) is 0 Å². The van der Waals surface area contributed by atoms with Crippen molar-refractivity contribution in [3.05, 3.63) is 58.9 Å². The monoisotopic (exact) mass is 443 g/mol. The van der Waals surface area contributed by atoms with E-state index in [9.17, 15) is 44.3 Å². The summed E-state index contributed by atoms with van der Waals surface area (Å²) in [6, 6.07) is 1.86. The minimum atomic E-state index is -6.59. The van der Waals surface area contributed by atoms with Gasteiger partial charge in [-0.25, -0.2) is 4.98 Å². The van der Waals surface area contributed by atoms with Gasteiger partial charge in [-0.3, -0.25) is 9.78 Å². The Morgan fingerprint density at radius 3 is 1.97 bits per heavy atom. The number of nitrogens with two attached hydrogens (primary N) is 1. The molecule has 0 aliphatic heterocycles. The Kier molecular flexibility index (Phi) is 5.88. The first kappa shape index (κ1) is 23.2. The van der Waals surface area contributed by atoms with Crippen LogP contribution in [0.3, 0.4) is 0 Å². The van der Waals surface area contributed by atoms with E-state index in [1.807, 2.05) is 0 Å². The van der Waals surface area contributed by atoms with Crippen molar-refractivity contribution in [2.24, 2.45) is 5.73 Å². The number of hydrogen-bond acceptors (Lipinski definition) is 4. The van der Waals surface area contributed by atoms with Crippen molar-refractivity contribution in [1.29, 1.82) is 0 Å². The summed E-state index contributed by atoms with van der Waals surface area (Å²) >= 11 is 0. The number of rotatable bonds is 4. The fourth-order valence-electron chi connectivity index (χ4n) is 2.51. The van der Waals surface area contributed by atoms with Crippen LogP contribution in [0.5, 0.6) is 0 Å². The number of hydrogen-bond donors (Lipinski definition) is 1. The largest absolute Gasteiger partial charge is 0.458 e. The van der Waals surface area contributed by atoms with E-state index < -0.39 is 63.7 Å². The first-order chi connectivity index (χ1) is 13.6. The Morgan fingerprint density at radius 2 is 1.53 bits per heavy atom. The second-order valence-corrected chi connectivity index (χ2v) is 5.93. The van der Waals surface area contributed by atoms with Crippen LogP contribution in [0.25, 0.3) is 11.3 Å². The summed E-state index contributed by atoms with van der Waals surface area (Å²) in [5.41, 5.74) is -4.48. The highest BCUT2D eigenvalue weighted by molar-refractivity contribution is 6.10. The van der Waals surface area contributed by atoms with Gasteiger partial charge in [0.15, 0.2) is 5.78 Å². The lowest BCUT2D eigenvalue weighted by Crippen LogP contribution is -2.38. The van der Waals surface area contributed by atoms with Crippen LogP contribution in [0, 0.1) is 5.95 Å². The zero-order valence-corrected chi connectivity index (χ0v) is 14.7. The average molecular weight is 443 g/mol. The van der Waals surface area contributed by atoms with E-state index in [0.29, 0.717) is 6.08 Å². The van der Waals surface area contributed by atoms with E-state index in [-0.39, 0.29) is 0 Å². The number of ketones is 1. The summed E-state index contributed by atoms with van der Waals surface area (Å²) in [6.07, 6.45) is -10.3. The van der Waals surface area contributed by atoms with Gasteiger partial charge in [-0.2, -0.15) is 39.5 Å². The van der Waals surface area contributed by atoms with Gasteiger partial charge in [0.25, 0.3) is 0 Å². The van der Waals surface area contributed by atoms with Crippen molar-refractivity contribution < 1.29 is 44.3 Å². The summed E-state index contributed by atoms with van der Waals surface area (Å²) in [5.74, 6) is -10.7. The number of carbonyl (C=O) groups excluding carboxylic acids is 1. The molecule has 0 fully saturated rings. The fourth-order valence-corrected chi connectivity index (χ4v) is 2.51. The van der Waals surface area contributed by atoms with Gasteiger partial charge in [-0.1, -0.05) is 0 Å². The maximum absolute atomic E-state index is 14.3. The lowest BCUT2D eigenvalue weighted by Gasteiger charge is -2.26. The zero-order valence-electron chi connectivity index (χ0n) is 14.7. The second-order valence-electron chi connectivity index (χ2n) is 5.93. The Morgan fingerprint density at radius 1 is 1.00 bits per heavy atom. The van der Waals surface area contributed by atoms with Crippen LogP contribution in [0.15, 0.2) is 36.3 Å². The Hall–Kier alpha value is -3.12. The standard InChI is InChI=1S/C17H10F9N3O/c1-7(27)6-9(30)10-11(15(19,20)17(24,25)26)12(16(21,22)23)14(18)29-13(10)8-2-4-28-5-3-8/h2-6H,27H2,1H3/b7-6-. The first-order valence-electron chi connectivity index (χ1n) is 7.73. The molecule has 30 heavy (non-hydrogen) atoms. The third-order valence-corrected chi connectivity index (χ3v) is 3.67. The van der Waals surface area contributed by atoms with Crippen molar-refractivity contribution >= 4 is 5.78 Å². The maximum atomic E-state index is 14.3. The summed E-state index contributed by atoms with van der Waals surface area (Å²) in [7, 11) is 0. The average Bonchev–Trinajstić information content (AvgIpc) is 2.58. The SMILES string of the molecule is C/C(N)=C/C(=O)c1c(-c2ccncc2)nc(F)c(C(F)(F)F)c1C(F)(F)C(F)(F)F. The quantitative estimate of drug-likeness (QED) is 0.313. The molecule has 0 amide bonds. The highest BCUT2D eigenvalue weighted by Crippen LogP contribution is 2.51. The van der Waals surface area contributed by atoms with Crippen LogP contribution in [0.4, 0.5) is 39.5 Å². The lowest BCUT2D eigenvalue weighted by molar-refractivity contribution is -0.291. The minimum Gasteiger partial charge on any atom is -0.402 e. The van der Waals surface area contributed by atoms with E-state index in [4.69, 9.17) is 5.73 Å². The van der Waals surface area contributed by atoms with E-state index in [1.165, 1.54) is 0 Å². The predicted octanol–water partition coefficient (Wildman–Crippen LogP) is 5.00. The molecular formula is C17H10F9N3O. The molecular weight excluding hydrogens is 433 g/mol. The Balaban J connectivity index is 3.17. The summed E-state index contributed by atoms with van der Waals surface area (Å²) in [5, 5.41) is 0. The lowest BCUT2D eigenvalue weighted by atomic mass is 9.89. The number of carbonyl (C=O) groups is 1. The molecule has 0 aliphatic rings. The van der Waals surface area contributed by atoms with Gasteiger partial charge in [0.2, 0.25) is 5.95 Å². The Labute approximate surface area is 162 Å². The molecule has 0 saturated heterocycles. The number of aromatic nitrogens is 2. The van der Waals surface area contributed by atoms with E-state index in [0.717, 1.165) is 31.5 Å². The summed E-state index contributed by atoms with van der Waals surface area (Å²) in [4.78, 5) is 18.9. The smallest absolute Gasteiger partial charge is 0.402 e. The van der Waals surface area contributed by atoms with Crippen LogP contribution < -0.4 is 5.73 Å². The maximum Gasteiger partial charge on any atom is 0.458 e. The van der Waals surface area contributed by atoms with E-state index >= 15 is 0 Å². The van der Waals surface area contributed by atoms with Crippen molar-refractivity contribution in [3.8, 4) is 11.3 Å². The van der Waals surface area contributed by atoms with Gasteiger partial charge < -0.3 is 5.73 Å². The molecule has 2 aromatic heterocycles. The topological polar surface area (TPSA) is 68.9 Å². The van der Waals surface area contributed by atoms with Crippen molar-refractivity contribution in [3.63, 3.8) is 0 Å². The molecule has 4 nitrogen and oxygen atoms in total. The Bertz CT molecular complexity index is 992. The van der Waals surface area contributed by atoms with Crippen LogP contribution in [-0.2, 0) is 12.1 Å². The summed E-state index contributed by atoms with van der Waals surface area (Å²) in [6.45, 7) is 1.03. The van der Waals surface area contributed by atoms with Gasteiger partial charge in [-0.05, 0) is 19.1 Å². The molecule has 0 aliphatic carbocycles. The molecule has 162 valence electrons. The molecule has 0 unspecified atom stereocenters. The fraction of sp³-hybridized carbons (Fsp3) is 0.235. The number of pyridine rings is 2. The molecule has 2 N–H and O–H groups in total. The molecule has 0 radical (unpaired) electrons. The van der Waals surface area contributed by atoms with Gasteiger partial charge in [-0.15, -0.1) is 0 Å². The third-order valence-electron chi connectivity index (χ3n) is 3.67. The molecule has 0 saturated carbocycles. The molecule has 13 heteroatoms. The van der Waals surface area contributed by atoms with E-state index in [2.05, 4.69) is 9.97 Å². The number of nitrogens with zero attached hydrogens (tertiary/aromatic N) is 2. The highest BCUT2D eigenvalue weighted by Gasteiger charge is 2.63. The number of halogens is 9. The van der Waals surface area contributed by atoms with Gasteiger partial charge >= 0.3 is 18.3 Å². The molecule has 2 heterocycles. The predicted molar refractivity (Wildman–Crippen MR) is 84.7 cm³/mol. The highest BCUT2D eigenvalue weighted by atomic mass is 19.4. The normalized spacial score (nSPS) is 13.5. The zero-order chi connectivity index (χ0) is 23.1. The van der Waals surface area contributed by atoms with Crippen molar-refractivity contribution in [2.45, 2.75) is 25.2 Å². The molecule has 2 rings (SSSR count). The second kappa shape index (κ2) is 7.61. The molecule has 0 atom stereocenters. The van der Waals surface area contributed by atoms with Crippen molar-refractivity contribution in [1.82, 2.24) is 9.97 Å². The first-order valence-corrected chi connectivity index (χ1v) is 7.73. The number of allylic oxidation sites excluding steroid dienone is 2. The van der Waals surface area contributed by atoms with Gasteiger partial charge in [0.1, 0.15) is 5.56 Å². The van der Waals surface area contributed by atoms with Gasteiger partial charge in [0, 0.05) is 29.7 Å². The molecule has 0 bridgehead atoms. The molecule has 0 aromatic carbocycles. The third kappa shape index (κ3) is 4.24.